The first kappa shape index (κ1) is 10.2. The number of H-pyrrole nitrogens is 2. The lowest BCUT2D eigenvalue weighted by molar-refractivity contribution is 0.976. The monoisotopic (exact) mass is 218 g/mol. The van der Waals surface area contributed by atoms with E-state index in [0.717, 1.165) is 12.8 Å². The zero-order chi connectivity index (χ0) is 11.5. The highest BCUT2D eigenvalue weighted by molar-refractivity contribution is 5.69. The molecular formula is C10H10N4O2. The van der Waals surface area contributed by atoms with Crippen molar-refractivity contribution in [2.75, 3.05) is 0 Å². The Kier molecular flexibility index (Phi) is 2.60. The van der Waals surface area contributed by atoms with E-state index in [-0.39, 0.29) is 5.52 Å². The lowest BCUT2D eigenvalue weighted by Gasteiger charge is -1.91. The van der Waals surface area contributed by atoms with E-state index in [1.165, 1.54) is 10.9 Å². The van der Waals surface area contributed by atoms with Crippen LogP contribution in [0.5, 0.6) is 0 Å². The van der Waals surface area contributed by atoms with E-state index >= 15 is 0 Å². The molecule has 0 spiro atoms. The number of hydrogen-bond donors (Lipinski definition) is 2. The molecule has 16 heavy (non-hydrogen) atoms. The van der Waals surface area contributed by atoms with Crippen molar-refractivity contribution in [2.24, 2.45) is 0 Å². The Bertz CT molecular complexity index is 680. The van der Waals surface area contributed by atoms with Crippen molar-refractivity contribution < 1.29 is 0 Å². The smallest absolute Gasteiger partial charge is 0.291 e. The van der Waals surface area contributed by atoms with Crippen molar-refractivity contribution in [1.29, 1.82) is 0 Å². The minimum Gasteiger partial charge on any atom is -0.291 e. The van der Waals surface area contributed by atoms with E-state index in [4.69, 9.17) is 0 Å². The van der Waals surface area contributed by atoms with E-state index in [0.29, 0.717) is 5.65 Å². The van der Waals surface area contributed by atoms with Gasteiger partial charge in [-0.05, 0) is 6.42 Å². The lowest BCUT2D eigenvalue weighted by atomic mass is 10.4. The van der Waals surface area contributed by atoms with Gasteiger partial charge in [-0.15, -0.1) is 0 Å². The highest BCUT2D eigenvalue weighted by Gasteiger charge is 2.05. The standard InChI is InChI=1S/C10H10N4O2/c1-2-3-4-5-14-6-11-7-8(14)12-10(16)13-9(7)15/h6H,2-3H2,1H3,(H2,12,13,15,16). The Morgan fingerprint density at radius 2 is 2.25 bits per heavy atom. The van der Waals surface area contributed by atoms with Gasteiger partial charge in [0.2, 0.25) is 0 Å². The van der Waals surface area contributed by atoms with Crippen LogP contribution in [0.15, 0.2) is 15.9 Å². The molecule has 0 aliphatic carbocycles. The fourth-order valence-corrected chi connectivity index (χ4v) is 1.29. The number of aromatic amines is 2. The summed E-state index contributed by atoms with van der Waals surface area (Å²) in [6.07, 6.45) is 3.13. The van der Waals surface area contributed by atoms with Crippen LogP contribution in [0.4, 0.5) is 0 Å². The molecule has 0 fully saturated rings. The van der Waals surface area contributed by atoms with Gasteiger partial charge in [-0.25, -0.2) is 14.3 Å². The molecule has 0 radical (unpaired) electrons. The second-order valence-electron chi connectivity index (χ2n) is 3.26. The average Bonchev–Trinajstić information content (AvgIpc) is 2.62. The molecule has 82 valence electrons. The third-order valence-corrected chi connectivity index (χ3v) is 2.02. The molecule has 0 bridgehead atoms. The normalized spacial score (nSPS) is 10.1. The molecule has 0 saturated carbocycles. The van der Waals surface area contributed by atoms with Gasteiger partial charge in [0.25, 0.3) is 5.56 Å². The van der Waals surface area contributed by atoms with E-state index in [9.17, 15) is 9.59 Å². The molecule has 2 heterocycles. The van der Waals surface area contributed by atoms with E-state index < -0.39 is 11.2 Å². The Morgan fingerprint density at radius 1 is 1.44 bits per heavy atom. The number of nitrogens with one attached hydrogen (secondary N) is 2. The van der Waals surface area contributed by atoms with Crippen LogP contribution in [0, 0.1) is 12.0 Å². The summed E-state index contributed by atoms with van der Waals surface area (Å²) in [7, 11) is 0. The molecule has 0 unspecified atom stereocenters. The maximum absolute atomic E-state index is 11.3. The topological polar surface area (TPSA) is 83.5 Å². The van der Waals surface area contributed by atoms with Gasteiger partial charge >= 0.3 is 5.69 Å². The second-order valence-corrected chi connectivity index (χ2v) is 3.26. The van der Waals surface area contributed by atoms with Gasteiger partial charge in [0, 0.05) is 12.5 Å². The maximum atomic E-state index is 11.3. The maximum Gasteiger partial charge on any atom is 0.327 e. The number of unbranched alkanes of at least 4 members (excludes halogenated alkanes) is 1. The van der Waals surface area contributed by atoms with Crippen LogP contribution in [0.2, 0.25) is 0 Å². The summed E-state index contributed by atoms with van der Waals surface area (Å²) in [5.41, 5.74) is -0.547. The average molecular weight is 218 g/mol. The minimum absolute atomic E-state index is 0.186. The summed E-state index contributed by atoms with van der Waals surface area (Å²) in [5, 5.41) is 0. The number of rotatable bonds is 1. The van der Waals surface area contributed by atoms with E-state index in [1.54, 1.807) is 0 Å². The Balaban J connectivity index is 2.62. The first-order chi connectivity index (χ1) is 7.72. The SMILES string of the molecule is CCCC#Cn1cnc2c(=O)[nH]c(=O)[nH]c21. The number of aromatic nitrogens is 4. The molecule has 2 aromatic rings. The number of nitrogens with zero attached hydrogens (tertiary/aromatic N) is 2. The molecule has 2 aromatic heterocycles. The van der Waals surface area contributed by atoms with Crippen molar-refractivity contribution in [1.82, 2.24) is 19.5 Å². The molecule has 0 atom stereocenters. The molecule has 0 aliphatic rings. The van der Waals surface area contributed by atoms with Crippen molar-refractivity contribution in [3.63, 3.8) is 0 Å². The zero-order valence-corrected chi connectivity index (χ0v) is 8.70. The molecule has 6 heteroatoms. The first-order valence-electron chi connectivity index (χ1n) is 4.91. The van der Waals surface area contributed by atoms with Crippen molar-refractivity contribution in [2.45, 2.75) is 19.8 Å². The predicted octanol–water partition coefficient (Wildman–Crippen LogP) is 0.0220. The quantitative estimate of drug-likeness (QED) is 0.662. The Labute approximate surface area is 90.3 Å². The fraction of sp³-hybridized carbons (Fsp3) is 0.300. The van der Waals surface area contributed by atoms with Crippen LogP contribution in [0.3, 0.4) is 0 Å². The number of imidazole rings is 1. The van der Waals surface area contributed by atoms with Crippen molar-refractivity contribution in [3.05, 3.63) is 27.2 Å². The summed E-state index contributed by atoms with van der Waals surface area (Å²) in [6.45, 7) is 2.02. The van der Waals surface area contributed by atoms with Gasteiger partial charge in [-0.1, -0.05) is 12.8 Å². The van der Waals surface area contributed by atoms with Gasteiger partial charge in [0.15, 0.2) is 11.2 Å². The van der Waals surface area contributed by atoms with Gasteiger partial charge < -0.3 is 0 Å². The summed E-state index contributed by atoms with van der Waals surface area (Å²) in [5.74, 6) is 2.91. The summed E-state index contributed by atoms with van der Waals surface area (Å²) >= 11 is 0. The highest BCUT2D eigenvalue weighted by Crippen LogP contribution is 2.00. The molecule has 2 N–H and O–H groups in total. The van der Waals surface area contributed by atoms with Crippen LogP contribution < -0.4 is 11.2 Å². The van der Waals surface area contributed by atoms with Crippen LogP contribution in [-0.4, -0.2) is 19.5 Å². The Morgan fingerprint density at radius 3 is 3.00 bits per heavy atom. The van der Waals surface area contributed by atoms with Crippen molar-refractivity contribution >= 4 is 11.2 Å². The fourth-order valence-electron chi connectivity index (χ4n) is 1.29. The Hall–Kier alpha value is -2.29. The molecule has 0 aromatic carbocycles. The van der Waals surface area contributed by atoms with Gasteiger partial charge in [0.1, 0.15) is 6.33 Å². The van der Waals surface area contributed by atoms with E-state index in [2.05, 4.69) is 26.9 Å². The van der Waals surface area contributed by atoms with Crippen LogP contribution in [-0.2, 0) is 0 Å². The predicted molar refractivity (Wildman–Crippen MR) is 59.1 cm³/mol. The lowest BCUT2D eigenvalue weighted by Crippen LogP contribution is -2.22. The zero-order valence-electron chi connectivity index (χ0n) is 8.70. The van der Waals surface area contributed by atoms with Crippen molar-refractivity contribution in [3.8, 4) is 12.0 Å². The van der Waals surface area contributed by atoms with Gasteiger partial charge in [0.05, 0.1) is 0 Å². The highest BCUT2D eigenvalue weighted by atomic mass is 16.2. The van der Waals surface area contributed by atoms with Crippen LogP contribution in [0.1, 0.15) is 19.8 Å². The third kappa shape index (κ3) is 1.75. The van der Waals surface area contributed by atoms with Crippen LogP contribution in [0.25, 0.3) is 11.2 Å². The summed E-state index contributed by atoms with van der Waals surface area (Å²) < 4.78 is 1.45. The summed E-state index contributed by atoms with van der Waals surface area (Å²) in [6, 6.07) is 2.80. The molecule has 2 rings (SSSR count). The number of fused-ring (bicyclic) bond motifs is 1. The largest absolute Gasteiger partial charge is 0.327 e. The van der Waals surface area contributed by atoms with Crippen LogP contribution >= 0.6 is 0 Å². The minimum atomic E-state index is -0.559. The van der Waals surface area contributed by atoms with Gasteiger partial charge in [-0.3, -0.25) is 14.8 Å². The van der Waals surface area contributed by atoms with E-state index in [1.807, 2.05) is 6.92 Å². The number of hydrogen-bond acceptors (Lipinski definition) is 3. The summed E-state index contributed by atoms with van der Waals surface area (Å²) in [4.78, 5) is 30.9. The van der Waals surface area contributed by atoms with Gasteiger partial charge in [-0.2, -0.15) is 0 Å². The molecule has 6 nitrogen and oxygen atoms in total. The second kappa shape index (κ2) is 4.06. The molecular weight excluding hydrogens is 208 g/mol. The first-order valence-corrected chi connectivity index (χ1v) is 4.91. The molecule has 0 aliphatic heterocycles. The third-order valence-electron chi connectivity index (χ3n) is 2.02. The molecule has 0 saturated heterocycles. The molecule has 0 amide bonds.